The Bertz CT molecular complexity index is 1140. The molecule has 1 aromatic heterocycles. The zero-order chi connectivity index (χ0) is 23.4. The lowest BCUT2D eigenvalue weighted by molar-refractivity contribution is -0.127. The Morgan fingerprint density at radius 3 is 2.61 bits per heavy atom. The van der Waals surface area contributed by atoms with E-state index in [0.717, 1.165) is 5.56 Å². The second-order valence-corrected chi connectivity index (χ2v) is 9.03. The molecule has 2 heterocycles. The maximum absolute atomic E-state index is 13.0. The summed E-state index contributed by atoms with van der Waals surface area (Å²) in [7, 11) is 0. The standard InChI is InChI=1S/C23H23ClN4O4S/c1-3-13(2)19(25-20(29)18(24)14-7-5-4-6-8-14)21(30)26-23-28-27-22(33-23)15-9-10-16-17(11-15)32-12-31-16/h4-11,13,18-19H,3,12H2,1-2H3,(H,25,29)(H,26,28,30). The summed E-state index contributed by atoms with van der Waals surface area (Å²) in [5.41, 5.74) is 1.47. The molecule has 0 bridgehead atoms. The van der Waals surface area contributed by atoms with Gasteiger partial charge in [-0.25, -0.2) is 0 Å². The molecule has 172 valence electrons. The molecule has 1 aliphatic heterocycles. The van der Waals surface area contributed by atoms with E-state index in [-0.39, 0.29) is 18.6 Å². The number of aromatic nitrogens is 2. The van der Waals surface area contributed by atoms with E-state index < -0.39 is 17.3 Å². The Balaban J connectivity index is 1.45. The largest absolute Gasteiger partial charge is 0.454 e. The van der Waals surface area contributed by atoms with Crippen LogP contribution in [0.15, 0.2) is 48.5 Å². The molecule has 2 aromatic carbocycles. The van der Waals surface area contributed by atoms with Crippen molar-refractivity contribution < 1.29 is 19.1 Å². The number of carbonyl (C=O) groups is 2. The van der Waals surface area contributed by atoms with Crippen LogP contribution in [0.25, 0.3) is 10.6 Å². The fourth-order valence-electron chi connectivity index (χ4n) is 3.30. The summed E-state index contributed by atoms with van der Waals surface area (Å²) in [5, 5.41) is 13.9. The molecule has 3 unspecified atom stereocenters. The van der Waals surface area contributed by atoms with Gasteiger partial charge in [0, 0.05) is 5.56 Å². The van der Waals surface area contributed by atoms with Gasteiger partial charge in [-0.3, -0.25) is 14.9 Å². The second kappa shape index (κ2) is 10.2. The third-order valence-electron chi connectivity index (χ3n) is 5.39. The third-order valence-corrected chi connectivity index (χ3v) is 6.73. The van der Waals surface area contributed by atoms with Crippen molar-refractivity contribution in [2.75, 3.05) is 12.1 Å². The van der Waals surface area contributed by atoms with Crippen LogP contribution in [0.4, 0.5) is 5.13 Å². The summed E-state index contributed by atoms with van der Waals surface area (Å²) in [4.78, 5) is 25.8. The summed E-state index contributed by atoms with van der Waals surface area (Å²) in [6, 6.07) is 13.7. The Morgan fingerprint density at radius 1 is 1.09 bits per heavy atom. The van der Waals surface area contributed by atoms with E-state index >= 15 is 0 Å². The van der Waals surface area contributed by atoms with Crippen LogP contribution in [0.3, 0.4) is 0 Å². The number of nitrogens with one attached hydrogen (secondary N) is 2. The maximum atomic E-state index is 13.0. The van der Waals surface area contributed by atoms with Crippen molar-refractivity contribution in [2.45, 2.75) is 31.7 Å². The number of anilines is 1. The zero-order valence-corrected chi connectivity index (χ0v) is 19.7. The van der Waals surface area contributed by atoms with Crippen molar-refractivity contribution in [3.63, 3.8) is 0 Å². The summed E-state index contributed by atoms with van der Waals surface area (Å²) in [5.74, 6) is 0.401. The van der Waals surface area contributed by atoms with E-state index in [1.807, 2.05) is 44.2 Å². The Labute approximate surface area is 200 Å². The fraction of sp³-hybridized carbons (Fsp3) is 0.304. The van der Waals surface area contributed by atoms with E-state index in [1.54, 1.807) is 18.2 Å². The molecule has 2 amide bonds. The van der Waals surface area contributed by atoms with Crippen LogP contribution in [0.2, 0.25) is 0 Å². The monoisotopic (exact) mass is 486 g/mol. The Kier molecular flexibility index (Phi) is 7.10. The molecular weight excluding hydrogens is 464 g/mol. The quantitative estimate of drug-likeness (QED) is 0.458. The normalized spacial score (nSPS) is 14.9. The first-order chi connectivity index (χ1) is 16.0. The van der Waals surface area contributed by atoms with Gasteiger partial charge in [-0.1, -0.05) is 61.9 Å². The van der Waals surface area contributed by atoms with Crippen molar-refractivity contribution in [3.8, 4) is 22.1 Å². The number of halogens is 1. The molecule has 0 aliphatic carbocycles. The molecule has 0 fully saturated rings. The number of benzene rings is 2. The van der Waals surface area contributed by atoms with Gasteiger partial charge in [-0.2, -0.15) is 0 Å². The van der Waals surface area contributed by atoms with Crippen molar-refractivity contribution in [1.29, 1.82) is 0 Å². The predicted molar refractivity (Wildman–Crippen MR) is 127 cm³/mol. The van der Waals surface area contributed by atoms with Gasteiger partial charge in [0.15, 0.2) is 11.5 Å². The highest BCUT2D eigenvalue weighted by Crippen LogP contribution is 2.37. The minimum atomic E-state index is -0.898. The lowest BCUT2D eigenvalue weighted by Crippen LogP contribution is -2.48. The molecular formula is C23H23ClN4O4S. The molecule has 8 nitrogen and oxygen atoms in total. The van der Waals surface area contributed by atoms with Crippen LogP contribution in [0.1, 0.15) is 31.2 Å². The second-order valence-electron chi connectivity index (χ2n) is 7.61. The third kappa shape index (κ3) is 5.26. The lowest BCUT2D eigenvalue weighted by atomic mass is 9.98. The zero-order valence-electron chi connectivity index (χ0n) is 18.1. The Morgan fingerprint density at radius 2 is 1.85 bits per heavy atom. The summed E-state index contributed by atoms with van der Waals surface area (Å²) in [6.45, 7) is 4.04. The summed E-state index contributed by atoms with van der Waals surface area (Å²) in [6.07, 6.45) is 0.690. The average Bonchev–Trinajstić information content (AvgIpc) is 3.50. The highest BCUT2D eigenvalue weighted by atomic mass is 35.5. The molecule has 1 aliphatic rings. The highest BCUT2D eigenvalue weighted by molar-refractivity contribution is 7.18. The first-order valence-corrected chi connectivity index (χ1v) is 11.7. The van der Waals surface area contributed by atoms with Crippen LogP contribution < -0.4 is 20.1 Å². The van der Waals surface area contributed by atoms with Gasteiger partial charge in [0.25, 0.3) is 0 Å². The van der Waals surface area contributed by atoms with E-state index in [2.05, 4.69) is 20.8 Å². The number of hydrogen-bond acceptors (Lipinski definition) is 7. The van der Waals surface area contributed by atoms with Gasteiger partial charge in [-0.05, 0) is 29.7 Å². The molecule has 0 spiro atoms. The van der Waals surface area contributed by atoms with Crippen LogP contribution in [0.5, 0.6) is 11.5 Å². The van der Waals surface area contributed by atoms with Crippen LogP contribution in [-0.2, 0) is 9.59 Å². The van der Waals surface area contributed by atoms with Crippen molar-refractivity contribution in [2.24, 2.45) is 5.92 Å². The molecule has 3 atom stereocenters. The molecule has 4 rings (SSSR count). The SMILES string of the molecule is CCC(C)C(NC(=O)C(Cl)c1ccccc1)C(=O)Nc1nnc(-c2ccc3c(c2)OCO3)s1. The Hall–Kier alpha value is -3.17. The van der Waals surface area contributed by atoms with E-state index in [9.17, 15) is 9.59 Å². The molecule has 0 saturated heterocycles. The van der Waals surface area contributed by atoms with Crippen LogP contribution in [-0.4, -0.2) is 34.8 Å². The van der Waals surface area contributed by atoms with Crippen LogP contribution in [0, 0.1) is 5.92 Å². The fourth-order valence-corrected chi connectivity index (χ4v) is 4.26. The number of amides is 2. The predicted octanol–water partition coefficient (Wildman–Crippen LogP) is 4.38. The van der Waals surface area contributed by atoms with Crippen molar-refractivity contribution in [1.82, 2.24) is 15.5 Å². The van der Waals surface area contributed by atoms with Gasteiger partial charge in [0.05, 0.1) is 0 Å². The smallest absolute Gasteiger partial charge is 0.249 e. The topological polar surface area (TPSA) is 102 Å². The van der Waals surface area contributed by atoms with Crippen molar-refractivity contribution in [3.05, 3.63) is 54.1 Å². The van der Waals surface area contributed by atoms with E-state index in [0.29, 0.717) is 33.6 Å². The molecule has 0 radical (unpaired) electrons. The van der Waals surface area contributed by atoms with Gasteiger partial charge >= 0.3 is 0 Å². The van der Waals surface area contributed by atoms with Gasteiger partial charge in [0.1, 0.15) is 16.4 Å². The van der Waals surface area contributed by atoms with Crippen LogP contribution >= 0.6 is 22.9 Å². The molecule has 0 saturated carbocycles. The van der Waals surface area contributed by atoms with Crippen molar-refractivity contribution >= 4 is 39.9 Å². The summed E-state index contributed by atoms with van der Waals surface area (Å²) < 4.78 is 10.7. The lowest BCUT2D eigenvalue weighted by Gasteiger charge is -2.24. The average molecular weight is 487 g/mol. The number of fused-ring (bicyclic) bond motifs is 1. The number of hydrogen-bond donors (Lipinski definition) is 2. The minimum Gasteiger partial charge on any atom is -0.454 e. The van der Waals surface area contributed by atoms with Gasteiger partial charge < -0.3 is 14.8 Å². The first kappa shape index (κ1) is 23.0. The number of alkyl halides is 1. The minimum absolute atomic E-state index is 0.116. The molecule has 10 heteroatoms. The number of rotatable bonds is 8. The maximum Gasteiger partial charge on any atom is 0.249 e. The van der Waals surface area contributed by atoms with E-state index in [4.69, 9.17) is 21.1 Å². The molecule has 2 N–H and O–H groups in total. The van der Waals surface area contributed by atoms with E-state index in [1.165, 1.54) is 11.3 Å². The molecule has 3 aromatic rings. The molecule has 33 heavy (non-hydrogen) atoms. The van der Waals surface area contributed by atoms with Gasteiger partial charge in [0.2, 0.25) is 23.7 Å². The first-order valence-electron chi connectivity index (χ1n) is 10.5. The highest BCUT2D eigenvalue weighted by Gasteiger charge is 2.29. The number of ether oxygens (including phenoxy) is 2. The summed E-state index contributed by atoms with van der Waals surface area (Å²) >= 11 is 7.57. The number of carbonyl (C=O) groups excluding carboxylic acids is 2. The van der Waals surface area contributed by atoms with Gasteiger partial charge in [-0.15, -0.1) is 21.8 Å². The number of nitrogens with zero attached hydrogens (tertiary/aromatic N) is 2.